The first kappa shape index (κ1) is 15.4. The molecule has 4 heteroatoms. The van der Waals surface area contributed by atoms with Crippen LogP contribution in [0.15, 0.2) is 48.5 Å². The number of nitrogen functional groups attached to an aromatic ring is 1. The Morgan fingerprint density at radius 1 is 1.13 bits per heavy atom. The molecule has 2 aromatic carbocycles. The standard InChI is InChI=1S/C19H22N2O2/c20-16-6-7-18(22)17(13-16)19(23)21-10-8-15(9-11-21)12-14-4-2-1-3-5-14/h1-7,13,15,22H,8-12,20H2. The van der Waals surface area contributed by atoms with Gasteiger partial charge in [0.25, 0.3) is 5.91 Å². The summed E-state index contributed by atoms with van der Waals surface area (Å²) in [7, 11) is 0. The minimum absolute atomic E-state index is 0.00407. The Morgan fingerprint density at radius 2 is 1.83 bits per heavy atom. The number of likely N-dealkylation sites (tertiary alicyclic amines) is 1. The number of nitrogens with zero attached hydrogens (tertiary/aromatic N) is 1. The molecule has 1 fully saturated rings. The number of carbonyl (C=O) groups excluding carboxylic acids is 1. The van der Waals surface area contributed by atoms with Crippen LogP contribution >= 0.6 is 0 Å². The van der Waals surface area contributed by atoms with Crippen LogP contribution in [0.1, 0.15) is 28.8 Å². The highest BCUT2D eigenvalue weighted by Crippen LogP contribution is 2.26. The maximum atomic E-state index is 12.5. The summed E-state index contributed by atoms with van der Waals surface area (Å²) in [4.78, 5) is 14.4. The van der Waals surface area contributed by atoms with Gasteiger partial charge in [0.1, 0.15) is 5.75 Å². The van der Waals surface area contributed by atoms with Crippen molar-refractivity contribution in [2.75, 3.05) is 18.8 Å². The number of phenols is 1. The number of amides is 1. The molecule has 0 atom stereocenters. The van der Waals surface area contributed by atoms with Gasteiger partial charge in [-0.1, -0.05) is 30.3 Å². The summed E-state index contributed by atoms with van der Waals surface area (Å²) in [6.07, 6.45) is 3.04. The van der Waals surface area contributed by atoms with E-state index in [0.29, 0.717) is 17.2 Å². The quantitative estimate of drug-likeness (QED) is 0.676. The zero-order chi connectivity index (χ0) is 16.2. The van der Waals surface area contributed by atoms with E-state index in [2.05, 4.69) is 24.3 Å². The van der Waals surface area contributed by atoms with E-state index < -0.39 is 0 Å². The summed E-state index contributed by atoms with van der Waals surface area (Å²) in [5.41, 5.74) is 7.86. The lowest BCUT2D eigenvalue weighted by molar-refractivity contribution is 0.0687. The Balaban J connectivity index is 1.60. The summed E-state index contributed by atoms with van der Waals surface area (Å²) in [6.45, 7) is 1.45. The molecule has 0 unspecified atom stereocenters. The van der Waals surface area contributed by atoms with Crippen molar-refractivity contribution in [1.82, 2.24) is 4.90 Å². The van der Waals surface area contributed by atoms with Gasteiger partial charge >= 0.3 is 0 Å². The lowest BCUT2D eigenvalue weighted by Gasteiger charge is -2.32. The second kappa shape index (κ2) is 6.73. The third kappa shape index (κ3) is 3.65. The fraction of sp³-hybridized carbons (Fsp3) is 0.316. The van der Waals surface area contributed by atoms with Crippen molar-refractivity contribution in [2.24, 2.45) is 5.92 Å². The Bertz CT molecular complexity index is 677. The van der Waals surface area contributed by atoms with E-state index in [1.54, 1.807) is 12.1 Å². The highest BCUT2D eigenvalue weighted by molar-refractivity contribution is 5.97. The summed E-state index contributed by atoms with van der Waals surface area (Å²) in [6, 6.07) is 15.1. The van der Waals surface area contributed by atoms with Crippen molar-refractivity contribution in [3.63, 3.8) is 0 Å². The average Bonchev–Trinajstić information content (AvgIpc) is 2.58. The molecule has 1 amide bonds. The molecule has 0 aromatic heterocycles. The third-order valence-electron chi connectivity index (χ3n) is 4.52. The number of hydrogen-bond donors (Lipinski definition) is 2. The molecule has 23 heavy (non-hydrogen) atoms. The molecular formula is C19H22N2O2. The number of piperidine rings is 1. The minimum atomic E-state index is -0.132. The molecule has 1 aliphatic rings. The molecule has 4 nitrogen and oxygen atoms in total. The van der Waals surface area contributed by atoms with Crippen molar-refractivity contribution in [1.29, 1.82) is 0 Å². The zero-order valence-electron chi connectivity index (χ0n) is 13.1. The highest BCUT2D eigenvalue weighted by atomic mass is 16.3. The van der Waals surface area contributed by atoms with Crippen LogP contribution in [0, 0.1) is 5.92 Å². The number of anilines is 1. The number of carbonyl (C=O) groups is 1. The number of nitrogens with two attached hydrogens (primary N) is 1. The third-order valence-corrected chi connectivity index (χ3v) is 4.52. The fourth-order valence-electron chi connectivity index (χ4n) is 3.18. The van der Waals surface area contributed by atoms with Crippen molar-refractivity contribution in [3.05, 3.63) is 59.7 Å². The van der Waals surface area contributed by atoms with E-state index in [-0.39, 0.29) is 11.7 Å². The molecule has 3 rings (SSSR count). The van der Waals surface area contributed by atoms with Crippen LogP contribution in [-0.4, -0.2) is 29.0 Å². The van der Waals surface area contributed by atoms with Gasteiger partial charge in [-0.05, 0) is 48.9 Å². The predicted molar refractivity (Wildman–Crippen MR) is 91.3 cm³/mol. The normalized spacial score (nSPS) is 15.6. The van der Waals surface area contributed by atoms with Crippen molar-refractivity contribution >= 4 is 11.6 Å². The molecule has 2 aromatic rings. The van der Waals surface area contributed by atoms with E-state index in [4.69, 9.17) is 5.73 Å². The Hall–Kier alpha value is -2.49. The van der Waals surface area contributed by atoms with Gasteiger partial charge in [-0.2, -0.15) is 0 Å². The van der Waals surface area contributed by atoms with Crippen molar-refractivity contribution < 1.29 is 9.90 Å². The largest absolute Gasteiger partial charge is 0.507 e. The molecule has 0 bridgehead atoms. The second-order valence-corrected chi connectivity index (χ2v) is 6.20. The van der Waals surface area contributed by atoms with Gasteiger partial charge in [-0.15, -0.1) is 0 Å². The second-order valence-electron chi connectivity index (χ2n) is 6.20. The van der Waals surface area contributed by atoms with Crippen molar-refractivity contribution in [2.45, 2.75) is 19.3 Å². The Morgan fingerprint density at radius 3 is 2.52 bits per heavy atom. The summed E-state index contributed by atoms with van der Waals surface area (Å²) >= 11 is 0. The molecule has 0 saturated carbocycles. The number of hydrogen-bond acceptors (Lipinski definition) is 3. The van der Waals surface area contributed by atoms with Crippen LogP contribution in [0.2, 0.25) is 0 Å². The van der Waals surface area contributed by atoms with Gasteiger partial charge in [-0.3, -0.25) is 4.79 Å². The summed E-state index contributed by atoms with van der Waals surface area (Å²) in [5, 5.41) is 9.88. The molecule has 1 saturated heterocycles. The zero-order valence-corrected chi connectivity index (χ0v) is 13.1. The van der Waals surface area contributed by atoms with E-state index in [9.17, 15) is 9.90 Å². The van der Waals surface area contributed by atoms with E-state index in [1.165, 1.54) is 11.6 Å². The SMILES string of the molecule is Nc1ccc(O)c(C(=O)N2CCC(Cc3ccccc3)CC2)c1. The van der Waals surface area contributed by atoms with Crippen LogP contribution in [0.5, 0.6) is 5.75 Å². The predicted octanol–water partition coefficient (Wildman–Crippen LogP) is 3.07. The Labute approximate surface area is 136 Å². The number of benzene rings is 2. The average molecular weight is 310 g/mol. The molecule has 120 valence electrons. The molecule has 1 aliphatic heterocycles. The number of rotatable bonds is 3. The maximum absolute atomic E-state index is 12.5. The summed E-state index contributed by atoms with van der Waals surface area (Å²) in [5.74, 6) is 0.472. The summed E-state index contributed by atoms with van der Waals surface area (Å²) < 4.78 is 0. The smallest absolute Gasteiger partial charge is 0.257 e. The van der Waals surface area contributed by atoms with E-state index in [1.807, 2.05) is 11.0 Å². The van der Waals surface area contributed by atoms with Crippen LogP contribution < -0.4 is 5.73 Å². The first-order valence-corrected chi connectivity index (χ1v) is 8.05. The highest BCUT2D eigenvalue weighted by Gasteiger charge is 2.25. The fourth-order valence-corrected chi connectivity index (χ4v) is 3.18. The van der Waals surface area contributed by atoms with Crippen molar-refractivity contribution in [3.8, 4) is 5.75 Å². The molecule has 1 heterocycles. The molecule has 0 aliphatic carbocycles. The lowest BCUT2D eigenvalue weighted by Crippen LogP contribution is -2.39. The van der Waals surface area contributed by atoms with Gasteiger partial charge in [0.05, 0.1) is 5.56 Å². The Kier molecular flexibility index (Phi) is 4.51. The molecule has 3 N–H and O–H groups in total. The van der Waals surface area contributed by atoms with Crippen LogP contribution in [0.25, 0.3) is 0 Å². The van der Waals surface area contributed by atoms with E-state index in [0.717, 1.165) is 32.4 Å². The molecular weight excluding hydrogens is 288 g/mol. The number of aromatic hydroxyl groups is 1. The minimum Gasteiger partial charge on any atom is -0.507 e. The lowest BCUT2D eigenvalue weighted by atomic mass is 9.90. The monoisotopic (exact) mass is 310 g/mol. The van der Waals surface area contributed by atoms with Crippen LogP contribution in [0.3, 0.4) is 0 Å². The first-order valence-electron chi connectivity index (χ1n) is 8.05. The maximum Gasteiger partial charge on any atom is 0.257 e. The van der Waals surface area contributed by atoms with Crippen LogP contribution in [-0.2, 0) is 6.42 Å². The van der Waals surface area contributed by atoms with Gasteiger partial charge in [0.2, 0.25) is 0 Å². The van der Waals surface area contributed by atoms with Crippen LogP contribution in [0.4, 0.5) is 5.69 Å². The van der Waals surface area contributed by atoms with Gasteiger partial charge < -0.3 is 15.7 Å². The first-order chi connectivity index (χ1) is 11.1. The number of phenolic OH excluding ortho intramolecular Hbond substituents is 1. The van der Waals surface area contributed by atoms with E-state index >= 15 is 0 Å². The van der Waals surface area contributed by atoms with Gasteiger partial charge in [-0.25, -0.2) is 0 Å². The van der Waals surface area contributed by atoms with Gasteiger partial charge in [0, 0.05) is 18.8 Å². The topological polar surface area (TPSA) is 66.6 Å². The molecule has 0 spiro atoms. The van der Waals surface area contributed by atoms with Gasteiger partial charge in [0.15, 0.2) is 0 Å². The molecule has 0 radical (unpaired) electrons.